The molecule has 1 heterocycles. The van der Waals surface area contributed by atoms with E-state index in [2.05, 4.69) is 18.8 Å². The molecule has 3 heteroatoms. The van der Waals surface area contributed by atoms with Gasteiger partial charge in [-0.15, -0.1) is 11.3 Å². The van der Waals surface area contributed by atoms with Gasteiger partial charge in [0.1, 0.15) is 0 Å². The minimum absolute atomic E-state index is 0.375. The molecule has 0 amide bonds. The lowest BCUT2D eigenvalue weighted by molar-refractivity contribution is 0.203. The highest BCUT2D eigenvalue weighted by atomic mass is 32.1. The summed E-state index contributed by atoms with van der Waals surface area (Å²) in [4.78, 5) is 5.32. The summed E-state index contributed by atoms with van der Waals surface area (Å²) >= 11 is 1.64. The predicted octanol–water partition coefficient (Wildman–Crippen LogP) is 3.49. The molecule has 1 N–H and O–H groups in total. The van der Waals surface area contributed by atoms with Crippen LogP contribution in [0.5, 0.6) is 0 Å². The van der Waals surface area contributed by atoms with Crippen LogP contribution in [0.3, 0.4) is 0 Å². The van der Waals surface area contributed by atoms with Crippen molar-refractivity contribution in [3.63, 3.8) is 0 Å². The molecule has 0 fully saturated rings. The number of thiazole rings is 1. The Kier molecular flexibility index (Phi) is 4.55. The zero-order valence-electron chi connectivity index (χ0n) is 9.16. The molecule has 80 valence electrons. The molecule has 0 aliphatic carbocycles. The summed E-state index contributed by atoms with van der Waals surface area (Å²) in [6, 6.07) is 0. The third kappa shape index (κ3) is 3.07. The standard InChI is InChI=1S/C11H19NOS/c1-4-5-6-8(2)11-12-7-10(14-11)9(3)13/h7-9,13H,4-6H2,1-3H3. The first-order chi connectivity index (χ1) is 6.65. The van der Waals surface area contributed by atoms with E-state index in [0.717, 1.165) is 9.88 Å². The normalized spacial score (nSPS) is 15.4. The van der Waals surface area contributed by atoms with Gasteiger partial charge in [0.15, 0.2) is 0 Å². The van der Waals surface area contributed by atoms with Gasteiger partial charge in [0.25, 0.3) is 0 Å². The topological polar surface area (TPSA) is 33.1 Å². The molecule has 0 bridgehead atoms. The molecule has 14 heavy (non-hydrogen) atoms. The minimum Gasteiger partial charge on any atom is -0.388 e. The van der Waals surface area contributed by atoms with Crippen molar-refractivity contribution in [3.8, 4) is 0 Å². The highest BCUT2D eigenvalue weighted by molar-refractivity contribution is 7.11. The molecule has 2 atom stereocenters. The third-order valence-electron chi connectivity index (χ3n) is 2.37. The van der Waals surface area contributed by atoms with Crippen molar-refractivity contribution >= 4 is 11.3 Å². The Morgan fingerprint density at radius 1 is 1.50 bits per heavy atom. The number of unbranched alkanes of at least 4 members (excludes halogenated alkanes) is 1. The fraction of sp³-hybridized carbons (Fsp3) is 0.727. The molecular weight excluding hydrogens is 194 g/mol. The van der Waals surface area contributed by atoms with Gasteiger partial charge in [-0.3, -0.25) is 0 Å². The Bertz CT molecular complexity index is 270. The van der Waals surface area contributed by atoms with E-state index >= 15 is 0 Å². The Labute approximate surface area is 90.0 Å². The van der Waals surface area contributed by atoms with Crippen LogP contribution in [0.15, 0.2) is 6.20 Å². The fourth-order valence-electron chi connectivity index (χ4n) is 1.36. The number of rotatable bonds is 5. The Hall–Kier alpha value is -0.410. The van der Waals surface area contributed by atoms with Gasteiger partial charge in [-0.25, -0.2) is 4.98 Å². The lowest BCUT2D eigenvalue weighted by Crippen LogP contribution is -1.91. The van der Waals surface area contributed by atoms with Gasteiger partial charge in [0.2, 0.25) is 0 Å². The third-order valence-corrected chi connectivity index (χ3v) is 3.76. The highest BCUT2D eigenvalue weighted by Crippen LogP contribution is 2.28. The van der Waals surface area contributed by atoms with E-state index in [1.165, 1.54) is 19.3 Å². The van der Waals surface area contributed by atoms with Crippen LogP contribution in [-0.4, -0.2) is 10.1 Å². The SMILES string of the molecule is CCCCC(C)c1ncc(C(C)O)s1. The van der Waals surface area contributed by atoms with Crippen LogP contribution in [0.25, 0.3) is 0 Å². The van der Waals surface area contributed by atoms with Crippen molar-refractivity contribution < 1.29 is 5.11 Å². The molecule has 2 unspecified atom stereocenters. The van der Waals surface area contributed by atoms with Crippen molar-refractivity contribution in [2.45, 2.75) is 52.1 Å². The summed E-state index contributed by atoms with van der Waals surface area (Å²) in [7, 11) is 0. The van der Waals surface area contributed by atoms with E-state index in [4.69, 9.17) is 0 Å². The van der Waals surface area contributed by atoms with Crippen molar-refractivity contribution in [1.29, 1.82) is 0 Å². The van der Waals surface area contributed by atoms with Crippen LogP contribution in [0.1, 0.15) is 61.9 Å². The first-order valence-corrected chi connectivity index (χ1v) is 6.10. The van der Waals surface area contributed by atoms with Gasteiger partial charge in [0.05, 0.1) is 16.0 Å². The number of aromatic nitrogens is 1. The fourth-order valence-corrected chi connectivity index (χ4v) is 2.30. The second kappa shape index (κ2) is 5.47. The first kappa shape index (κ1) is 11.7. The van der Waals surface area contributed by atoms with Crippen LogP contribution in [-0.2, 0) is 0 Å². The van der Waals surface area contributed by atoms with E-state index < -0.39 is 0 Å². The van der Waals surface area contributed by atoms with E-state index in [1.54, 1.807) is 24.5 Å². The maximum atomic E-state index is 9.37. The Morgan fingerprint density at radius 2 is 2.21 bits per heavy atom. The van der Waals surface area contributed by atoms with Crippen LogP contribution in [0, 0.1) is 0 Å². The maximum absolute atomic E-state index is 9.37. The molecule has 0 aliphatic heterocycles. The van der Waals surface area contributed by atoms with Gasteiger partial charge in [-0.05, 0) is 13.3 Å². The number of hydrogen-bond donors (Lipinski definition) is 1. The number of aliphatic hydroxyl groups is 1. The predicted molar refractivity (Wildman–Crippen MR) is 60.7 cm³/mol. The average molecular weight is 213 g/mol. The molecule has 0 radical (unpaired) electrons. The number of hydrogen-bond acceptors (Lipinski definition) is 3. The summed E-state index contributed by atoms with van der Waals surface area (Å²) in [5, 5.41) is 10.5. The van der Waals surface area contributed by atoms with Gasteiger partial charge in [0, 0.05) is 12.1 Å². The summed E-state index contributed by atoms with van der Waals surface area (Å²) in [5.74, 6) is 0.535. The first-order valence-electron chi connectivity index (χ1n) is 5.28. The van der Waals surface area contributed by atoms with Crippen LogP contribution < -0.4 is 0 Å². The van der Waals surface area contributed by atoms with Gasteiger partial charge in [-0.2, -0.15) is 0 Å². The number of nitrogens with zero attached hydrogens (tertiary/aromatic N) is 1. The lowest BCUT2D eigenvalue weighted by atomic mass is 10.1. The van der Waals surface area contributed by atoms with Crippen molar-refractivity contribution in [3.05, 3.63) is 16.1 Å². The monoisotopic (exact) mass is 213 g/mol. The smallest absolute Gasteiger partial charge is 0.0956 e. The molecule has 0 aliphatic rings. The summed E-state index contributed by atoms with van der Waals surface area (Å²) in [6.07, 6.45) is 5.11. The molecule has 0 saturated heterocycles. The van der Waals surface area contributed by atoms with Crippen LogP contribution in [0.4, 0.5) is 0 Å². The lowest BCUT2D eigenvalue weighted by Gasteiger charge is -2.06. The maximum Gasteiger partial charge on any atom is 0.0956 e. The molecule has 1 aromatic rings. The Morgan fingerprint density at radius 3 is 2.71 bits per heavy atom. The van der Waals surface area contributed by atoms with Crippen molar-refractivity contribution in [2.24, 2.45) is 0 Å². The van der Waals surface area contributed by atoms with Gasteiger partial charge >= 0.3 is 0 Å². The van der Waals surface area contributed by atoms with E-state index in [1.807, 2.05) is 0 Å². The minimum atomic E-state index is -0.375. The average Bonchev–Trinajstić information content (AvgIpc) is 2.62. The Balaban J connectivity index is 2.57. The summed E-state index contributed by atoms with van der Waals surface area (Å²) < 4.78 is 0. The summed E-state index contributed by atoms with van der Waals surface area (Å²) in [6.45, 7) is 6.20. The largest absolute Gasteiger partial charge is 0.388 e. The van der Waals surface area contributed by atoms with Crippen LogP contribution >= 0.6 is 11.3 Å². The van der Waals surface area contributed by atoms with Gasteiger partial charge < -0.3 is 5.11 Å². The number of aliphatic hydroxyl groups excluding tert-OH is 1. The second-order valence-electron chi connectivity index (χ2n) is 3.82. The highest BCUT2D eigenvalue weighted by Gasteiger charge is 2.12. The molecule has 0 aromatic carbocycles. The molecule has 1 aromatic heterocycles. The van der Waals surface area contributed by atoms with E-state index in [-0.39, 0.29) is 6.10 Å². The molecule has 0 saturated carbocycles. The molecule has 2 nitrogen and oxygen atoms in total. The quantitative estimate of drug-likeness (QED) is 0.812. The van der Waals surface area contributed by atoms with Crippen molar-refractivity contribution in [1.82, 2.24) is 4.98 Å². The molecule has 0 spiro atoms. The zero-order chi connectivity index (χ0) is 10.6. The zero-order valence-corrected chi connectivity index (χ0v) is 9.97. The van der Waals surface area contributed by atoms with E-state index in [9.17, 15) is 5.11 Å². The molecular formula is C11H19NOS. The van der Waals surface area contributed by atoms with Crippen molar-refractivity contribution in [2.75, 3.05) is 0 Å². The van der Waals surface area contributed by atoms with Gasteiger partial charge in [-0.1, -0.05) is 26.7 Å². The second-order valence-corrected chi connectivity index (χ2v) is 4.91. The van der Waals surface area contributed by atoms with E-state index in [0.29, 0.717) is 5.92 Å². The molecule has 1 rings (SSSR count). The van der Waals surface area contributed by atoms with Crippen LogP contribution in [0.2, 0.25) is 0 Å². The summed E-state index contributed by atoms with van der Waals surface area (Å²) in [5.41, 5.74) is 0.